The SMILES string of the molecule is O=P(c1ccccc1)(c1ccccc1)c1ccc2c(c1)OCC2. The molecule has 0 saturated carbocycles. The fourth-order valence-corrected chi connectivity index (χ4v) is 5.74. The lowest BCUT2D eigenvalue weighted by Crippen LogP contribution is -2.25. The number of hydrogen-bond acceptors (Lipinski definition) is 2. The molecule has 0 saturated heterocycles. The zero-order chi connectivity index (χ0) is 15.7. The lowest BCUT2D eigenvalue weighted by molar-refractivity contribution is 0.357. The lowest BCUT2D eigenvalue weighted by atomic mass is 10.2. The van der Waals surface area contributed by atoms with Crippen LogP contribution in [0.15, 0.2) is 78.9 Å². The molecule has 0 bridgehead atoms. The molecule has 0 unspecified atom stereocenters. The molecule has 0 fully saturated rings. The Kier molecular flexibility index (Phi) is 3.55. The van der Waals surface area contributed by atoms with Gasteiger partial charge in [0.1, 0.15) is 5.75 Å². The molecule has 0 atom stereocenters. The van der Waals surface area contributed by atoms with E-state index in [1.807, 2.05) is 72.8 Å². The van der Waals surface area contributed by atoms with Gasteiger partial charge in [-0.3, -0.25) is 0 Å². The molecule has 3 aromatic rings. The summed E-state index contributed by atoms with van der Waals surface area (Å²) in [5, 5.41) is 2.53. The summed E-state index contributed by atoms with van der Waals surface area (Å²) in [7, 11) is -2.89. The van der Waals surface area contributed by atoms with Crippen LogP contribution in [0.4, 0.5) is 0 Å². The van der Waals surface area contributed by atoms with Crippen LogP contribution in [0.3, 0.4) is 0 Å². The van der Waals surface area contributed by atoms with Crippen LogP contribution in [0.2, 0.25) is 0 Å². The van der Waals surface area contributed by atoms with Crippen molar-refractivity contribution in [1.82, 2.24) is 0 Å². The molecule has 4 rings (SSSR count). The van der Waals surface area contributed by atoms with E-state index in [-0.39, 0.29) is 0 Å². The molecule has 0 radical (unpaired) electrons. The minimum atomic E-state index is -2.89. The van der Waals surface area contributed by atoms with Crippen molar-refractivity contribution < 1.29 is 9.30 Å². The first-order valence-electron chi connectivity index (χ1n) is 7.76. The summed E-state index contributed by atoms with van der Waals surface area (Å²) in [6, 6.07) is 25.4. The second kappa shape index (κ2) is 5.72. The van der Waals surface area contributed by atoms with Crippen molar-refractivity contribution in [1.29, 1.82) is 0 Å². The van der Waals surface area contributed by atoms with E-state index in [1.165, 1.54) is 5.56 Å². The predicted octanol–water partition coefficient (Wildman–Crippen LogP) is 3.26. The van der Waals surface area contributed by atoms with Gasteiger partial charge in [0.25, 0.3) is 0 Å². The van der Waals surface area contributed by atoms with Gasteiger partial charge in [-0.15, -0.1) is 0 Å². The molecule has 2 nitrogen and oxygen atoms in total. The number of benzene rings is 3. The second-order valence-electron chi connectivity index (χ2n) is 5.67. The summed E-state index contributed by atoms with van der Waals surface area (Å²) in [5.41, 5.74) is 1.20. The first-order chi connectivity index (χ1) is 11.3. The molecular weight excluding hydrogens is 303 g/mol. The highest BCUT2D eigenvalue weighted by atomic mass is 31.2. The van der Waals surface area contributed by atoms with Crippen molar-refractivity contribution in [2.45, 2.75) is 6.42 Å². The molecule has 0 aliphatic carbocycles. The van der Waals surface area contributed by atoms with Crippen molar-refractivity contribution in [3.8, 4) is 5.75 Å². The molecule has 3 heteroatoms. The normalized spacial score (nSPS) is 13.4. The van der Waals surface area contributed by atoms with Crippen molar-refractivity contribution in [3.63, 3.8) is 0 Å². The van der Waals surface area contributed by atoms with Gasteiger partial charge in [-0.25, -0.2) is 0 Å². The highest BCUT2D eigenvalue weighted by Crippen LogP contribution is 2.43. The third kappa shape index (κ3) is 2.40. The fourth-order valence-electron chi connectivity index (χ4n) is 3.07. The topological polar surface area (TPSA) is 26.3 Å². The van der Waals surface area contributed by atoms with E-state index in [9.17, 15) is 4.57 Å². The smallest absolute Gasteiger partial charge is 0.171 e. The molecule has 0 N–H and O–H groups in total. The van der Waals surface area contributed by atoms with Gasteiger partial charge in [-0.05, 0) is 11.6 Å². The minimum absolute atomic E-state index is 0.708. The van der Waals surface area contributed by atoms with Gasteiger partial charge in [-0.1, -0.05) is 72.8 Å². The standard InChI is InChI=1S/C20H17O2P/c21-23(17-7-3-1-4-8-17,18-9-5-2-6-10-18)19-12-11-16-13-14-22-20(16)15-19/h1-12,15H,13-14H2. The molecule has 0 amide bonds. The Balaban J connectivity index is 1.95. The van der Waals surface area contributed by atoms with E-state index in [0.717, 1.165) is 28.1 Å². The number of fused-ring (bicyclic) bond motifs is 1. The summed E-state index contributed by atoms with van der Waals surface area (Å²) in [6.07, 6.45) is 0.927. The zero-order valence-corrected chi connectivity index (χ0v) is 13.6. The summed E-state index contributed by atoms with van der Waals surface area (Å²) in [6.45, 7) is 0.708. The molecular formula is C20H17O2P. The zero-order valence-electron chi connectivity index (χ0n) is 12.7. The van der Waals surface area contributed by atoms with Gasteiger partial charge in [0, 0.05) is 22.3 Å². The third-order valence-corrected chi connectivity index (χ3v) is 7.34. The summed E-state index contributed by atoms with van der Waals surface area (Å²) < 4.78 is 19.8. The molecule has 1 heterocycles. The monoisotopic (exact) mass is 320 g/mol. The average molecular weight is 320 g/mol. The van der Waals surface area contributed by atoms with E-state index in [1.54, 1.807) is 0 Å². The van der Waals surface area contributed by atoms with Crippen LogP contribution in [-0.2, 0) is 11.0 Å². The first-order valence-corrected chi connectivity index (χ1v) is 9.47. The molecule has 1 aliphatic rings. The van der Waals surface area contributed by atoms with Crippen LogP contribution in [0, 0.1) is 0 Å². The number of ether oxygens (including phenoxy) is 1. The fraction of sp³-hybridized carbons (Fsp3) is 0.100. The maximum absolute atomic E-state index is 14.2. The lowest BCUT2D eigenvalue weighted by Gasteiger charge is -2.20. The van der Waals surface area contributed by atoms with Gasteiger partial charge < -0.3 is 9.30 Å². The van der Waals surface area contributed by atoms with Gasteiger partial charge in [0.05, 0.1) is 6.61 Å². The minimum Gasteiger partial charge on any atom is -0.493 e. The van der Waals surface area contributed by atoms with E-state index in [0.29, 0.717) is 6.61 Å². The summed E-state index contributed by atoms with van der Waals surface area (Å²) in [5.74, 6) is 0.870. The summed E-state index contributed by atoms with van der Waals surface area (Å²) >= 11 is 0. The average Bonchev–Trinajstić information content (AvgIpc) is 3.10. The first kappa shape index (κ1) is 14.3. The van der Waals surface area contributed by atoms with Gasteiger partial charge >= 0.3 is 0 Å². The highest BCUT2D eigenvalue weighted by molar-refractivity contribution is 7.85. The number of hydrogen-bond donors (Lipinski definition) is 0. The van der Waals surface area contributed by atoms with E-state index < -0.39 is 7.14 Å². The Labute approximate surface area is 136 Å². The molecule has 3 aromatic carbocycles. The molecule has 114 valence electrons. The van der Waals surface area contributed by atoms with Crippen LogP contribution in [0.25, 0.3) is 0 Å². The van der Waals surface area contributed by atoms with Crippen molar-refractivity contribution >= 4 is 23.1 Å². The third-order valence-electron chi connectivity index (χ3n) is 4.28. The quantitative estimate of drug-likeness (QED) is 0.693. The predicted molar refractivity (Wildman–Crippen MR) is 95.0 cm³/mol. The maximum Gasteiger partial charge on any atom is 0.171 e. The van der Waals surface area contributed by atoms with E-state index in [4.69, 9.17) is 4.74 Å². The van der Waals surface area contributed by atoms with Crippen LogP contribution in [-0.4, -0.2) is 6.61 Å². The molecule has 0 spiro atoms. The largest absolute Gasteiger partial charge is 0.493 e. The maximum atomic E-state index is 14.2. The van der Waals surface area contributed by atoms with Gasteiger partial charge in [0.15, 0.2) is 7.14 Å². The van der Waals surface area contributed by atoms with Crippen LogP contribution < -0.4 is 20.7 Å². The van der Waals surface area contributed by atoms with Gasteiger partial charge in [0.2, 0.25) is 0 Å². The molecule has 23 heavy (non-hydrogen) atoms. The summed E-state index contributed by atoms with van der Waals surface area (Å²) in [4.78, 5) is 0. The van der Waals surface area contributed by atoms with Crippen LogP contribution in [0.5, 0.6) is 5.75 Å². The molecule has 1 aliphatic heterocycles. The van der Waals surface area contributed by atoms with Crippen LogP contribution >= 0.6 is 7.14 Å². The Morgan fingerprint density at radius 2 is 1.35 bits per heavy atom. The molecule has 0 aromatic heterocycles. The van der Waals surface area contributed by atoms with Crippen LogP contribution in [0.1, 0.15) is 5.56 Å². The number of rotatable bonds is 3. The van der Waals surface area contributed by atoms with E-state index >= 15 is 0 Å². The Bertz CT molecular complexity index is 829. The van der Waals surface area contributed by atoms with E-state index in [2.05, 4.69) is 6.07 Å². The van der Waals surface area contributed by atoms with Crippen molar-refractivity contribution in [3.05, 3.63) is 84.4 Å². The van der Waals surface area contributed by atoms with Crippen molar-refractivity contribution in [2.24, 2.45) is 0 Å². The Morgan fingerprint density at radius 1 is 0.739 bits per heavy atom. The highest BCUT2D eigenvalue weighted by Gasteiger charge is 2.30. The van der Waals surface area contributed by atoms with Gasteiger partial charge in [-0.2, -0.15) is 0 Å². The Hall–Kier alpha value is -2.31. The van der Waals surface area contributed by atoms with Crippen molar-refractivity contribution in [2.75, 3.05) is 6.61 Å². The second-order valence-corrected chi connectivity index (χ2v) is 8.44. The Morgan fingerprint density at radius 3 is 1.96 bits per heavy atom.